The van der Waals surface area contributed by atoms with Crippen LogP contribution in [0.5, 0.6) is 0 Å². The number of benzene rings is 1. The number of thiazole rings is 1. The highest BCUT2D eigenvalue weighted by molar-refractivity contribution is 7.89. The predicted molar refractivity (Wildman–Crippen MR) is 95.2 cm³/mol. The molecule has 0 radical (unpaired) electrons. The summed E-state index contributed by atoms with van der Waals surface area (Å²) in [5.41, 5.74) is 1.19. The van der Waals surface area contributed by atoms with Crippen molar-refractivity contribution >= 4 is 33.0 Å². The Morgan fingerprint density at radius 1 is 1.28 bits per heavy atom. The van der Waals surface area contributed by atoms with Crippen molar-refractivity contribution in [2.75, 3.05) is 12.4 Å². The lowest BCUT2D eigenvalue weighted by molar-refractivity contribution is 0.102. The maximum atomic E-state index is 12.3. The van der Waals surface area contributed by atoms with Crippen molar-refractivity contribution in [1.82, 2.24) is 9.71 Å². The van der Waals surface area contributed by atoms with Gasteiger partial charge in [-0.2, -0.15) is 0 Å². The van der Waals surface area contributed by atoms with E-state index in [4.69, 9.17) is 4.42 Å². The summed E-state index contributed by atoms with van der Waals surface area (Å²) in [6.07, 6.45) is 1.53. The van der Waals surface area contributed by atoms with Gasteiger partial charge in [-0.1, -0.05) is 6.07 Å². The zero-order chi connectivity index (χ0) is 18.0. The third-order valence-electron chi connectivity index (χ3n) is 3.47. The first-order valence-electron chi connectivity index (χ1n) is 7.25. The summed E-state index contributed by atoms with van der Waals surface area (Å²) in [6, 6.07) is 8.19. The zero-order valence-corrected chi connectivity index (χ0v) is 15.1. The van der Waals surface area contributed by atoms with Crippen molar-refractivity contribution in [2.45, 2.75) is 11.8 Å². The van der Waals surface area contributed by atoms with Crippen LogP contribution >= 0.6 is 11.3 Å². The smallest absolute Gasteiger partial charge is 0.275 e. The standard InChI is InChI=1S/C16H15N3O4S2/c1-10-5-6-11(8-14(10)25(21,22)17-2)18-15(20)12-9-24-16(19-12)13-4-3-7-23-13/h3-9,17H,1-2H3,(H,18,20). The Bertz CT molecular complexity index is 1010. The molecule has 0 saturated heterocycles. The highest BCUT2D eigenvalue weighted by Gasteiger charge is 2.17. The number of aromatic nitrogens is 1. The minimum atomic E-state index is -3.60. The van der Waals surface area contributed by atoms with Crippen molar-refractivity contribution in [3.05, 3.63) is 53.2 Å². The molecule has 2 heterocycles. The van der Waals surface area contributed by atoms with E-state index < -0.39 is 15.9 Å². The number of amides is 1. The first-order chi connectivity index (χ1) is 11.9. The number of rotatable bonds is 5. The van der Waals surface area contributed by atoms with Crippen LogP contribution < -0.4 is 10.0 Å². The molecule has 3 aromatic rings. The van der Waals surface area contributed by atoms with Crippen molar-refractivity contribution < 1.29 is 17.6 Å². The number of hydrogen-bond acceptors (Lipinski definition) is 6. The SMILES string of the molecule is CNS(=O)(=O)c1cc(NC(=O)c2csc(-c3ccco3)n2)ccc1C. The van der Waals surface area contributed by atoms with Gasteiger partial charge in [-0.3, -0.25) is 4.79 Å². The van der Waals surface area contributed by atoms with Crippen LogP contribution in [0.4, 0.5) is 5.69 Å². The van der Waals surface area contributed by atoms with Crippen molar-refractivity contribution in [2.24, 2.45) is 0 Å². The summed E-state index contributed by atoms with van der Waals surface area (Å²) < 4.78 is 31.6. The number of carbonyl (C=O) groups excluding carboxylic acids is 1. The minimum Gasteiger partial charge on any atom is -0.462 e. The number of carbonyl (C=O) groups is 1. The van der Waals surface area contributed by atoms with E-state index in [2.05, 4.69) is 15.0 Å². The van der Waals surface area contributed by atoms with Gasteiger partial charge in [0.2, 0.25) is 10.0 Å². The monoisotopic (exact) mass is 377 g/mol. The number of sulfonamides is 1. The average molecular weight is 377 g/mol. The van der Waals surface area contributed by atoms with E-state index in [0.717, 1.165) is 0 Å². The van der Waals surface area contributed by atoms with Gasteiger partial charge in [-0.05, 0) is 43.8 Å². The quantitative estimate of drug-likeness (QED) is 0.712. The molecule has 1 aromatic carbocycles. The van der Waals surface area contributed by atoms with Gasteiger partial charge in [0, 0.05) is 11.1 Å². The third-order valence-corrected chi connectivity index (χ3v) is 5.89. The zero-order valence-electron chi connectivity index (χ0n) is 13.4. The van der Waals surface area contributed by atoms with Crippen molar-refractivity contribution in [3.63, 3.8) is 0 Å². The predicted octanol–water partition coefficient (Wildman–Crippen LogP) is 2.87. The maximum Gasteiger partial charge on any atom is 0.275 e. The molecule has 9 heteroatoms. The number of anilines is 1. The summed E-state index contributed by atoms with van der Waals surface area (Å²) in [5.74, 6) is 0.160. The Morgan fingerprint density at radius 2 is 2.08 bits per heavy atom. The molecular weight excluding hydrogens is 362 g/mol. The summed E-state index contributed by atoms with van der Waals surface area (Å²) in [7, 11) is -2.27. The molecule has 0 unspecified atom stereocenters. The highest BCUT2D eigenvalue weighted by Crippen LogP contribution is 2.25. The fraction of sp³-hybridized carbons (Fsp3) is 0.125. The van der Waals surface area contributed by atoms with E-state index in [0.29, 0.717) is 22.0 Å². The molecule has 0 fully saturated rings. The Morgan fingerprint density at radius 3 is 2.76 bits per heavy atom. The molecular formula is C16H15N3O4S2. The second kappa shape index (κ2) is 6.79. The maximum absolute atomic E-state index is 12.3. The molecule has 0 atom stereocenters. The minimum absolute atomic E-state index is 0.113. The summed E-state index contributed by atoms with van der Waals surface area (Å²) in [6.45, 7) is 1.69. The van der Waals surface area contributed by atoms with Crippen LogP contribution in [0.1, 0.15) is 16.1 Å². The van der Waals surface area contributed by atoms with Crippen LogP contribution in [0.3, 0.4) is 0 Å². The Labute approximate surface area is 148 Å². The van der Waals surface area contributed by atoms with Gasteiger partial charge in [-0.25, -0.2) is 18.1 Å². The van der Waals surface area contributed by atoms with E-state index in [1.807, 2.05) is 0 Å². The van der Waals surface area contributed by atoms with Crippen LogP contribution in [0.25, 0.3) is 10.8 Å². The van der Waals surface area contributed by atoms with Crippen LogP contribution in [-0.4, -0.2) is 26.4 Å². The third kappa shape index (κ3) is 3.63. The van der Waals surface area contributed by atoms with Gasteiger partial charge < -0.3 is 9.73 Å². The van der Waals surface area contributed by atoms with Gasteiger partial charge in [0.05, 0.1) is 11.2 Å². The normalized spacial score (nSPS) is 11.4. The molecule has 2 aromatic heterocycles. The summed E-state index contributed by atoms with van der Waals surface area (Å²) in [5, 5.41) is 4.88. The van der Waals surface area contributed by atoms with Gasteiger partial charge in [0.25, 0.3) is 5.91 Å². The lowest BCUT2D eigenvalue weighted by Gasteiger charge is -2.09. The molecule has 0 aliphatic carbocycles. The molecule has 0 saturated carbocycles. The lowest BCUT2D eigenvalue weighted by atomic mass is 10.2. The second-order valence-corrected chi connectivity index (χ2v) is 7.87. The molecule has 2 N–H and O–H groups in total. The lowest BCUT2D eigenvalue weighted by Crippen LogP contribution is -2.20. The number of nitrogens with one attached hydrogen (secondary N) is 2. The highest BCUT2D eigenvalue weighted by atomic mass is 32.2. The summed E-state index contributed by atoms with van der Waals surface area (Å²) >= 11 is 1.29. The molecule has 1 amide bonds. The Balaban J connectivity index is 1.83. The molecule has 3 rings (SSSR count). The molecule has 130 valence electrons. The van der Waals surface area contributed by atoms with Gasteiger partial charge in [-0.15, -0.1) is 11.3 Å². The molecule has 0 aliphatic rings. The van der Waals surface area contributed by atoms with Gasteiger partial charge in [0.15, 0.2) is 10.8 Å². The fourth-order valence-corrected chi connectivity index (χ4v) is 3.92. The van der Waals surface area contributed by atoms with E-state index in [1.165, 1.54) is 30.7 Å². The van der Waals surface area contributed by atoms with Gasteiger partial charge >= 0.3 is 0 Å². The van der Waals surface area contributed by atoms with Crippen LogP contribution in [0.15, 0.2) is 51.3 Å². The van der Waals surface area contributed by atoms with E-state index in [1.54, 1.807) is 36.6 Å². The average Bonchev–Trinajstić information content (AvgIpc) is 3.27. The van der Waals surface area contributed by atoms with Crippen molar-refractivity contribution in [1.29, 1.82) is 0 Å². The topological polar surface area (TPSA) is 101 Å². The van der Waals surface area contributed by atoms with Crippen LogP contribution in [0, 0.1) is 6.92 Å². The van der Waals surface area contributed by atoms with Crippen LogP contribution in [-0.2, 0) is 10.0 Å². The second-order valence-electron chi connectivity index (χ2n) is 5.16. The van der Waals surface area contributed by atoms with E-state index in [-0.39, 0.29) is 10.6 Å². The van der Waals surface area contributed by atoms with E-state index in [9.17, 15) is 13.2 Å². The molecule has 25 heavy (non-hydrogen) atoms. The Kier molecular flexibility index (Phi) is 4.71. The number of aryl methyl sites for hydroxylation is 1. The fourth-order valence-electron chi connectivity index (χ4n) is 2.16. The largest absolute Gasteiger partial charge is 0.462 e. The number of hydrogen-bond donors (Lipinski definition) is 2. The molecule has 0 spiro atoms. The van der Waals surface area contributed by atoms with Gasteiger partial charge in [0.1, 0.15) is 5.69 Å². The first kappa shape index (κ1) is 17.3. The summed E-state index contributed by atoms with van der Waals surface area (Å²) in [4.78, 5) is 16.7. The first-order valence-corrected chi connectivity index (χ1v) is 9.62. The van der Waals surface area contributed by atoms with Crippen LogP contribution in [0.2, 0.25) is 0 Å². The number of furan rings is 1. The van der Waals surface area contributed by atoms with E-state index >= 15 is 0 Å². The molecule has 0 bridgehead atoms. The number of nitrogens with zero attached hydrogens (tertiary/aromatic N) is 1. The molecule has 0 aliphatic heterocycles. The molecule has 7 nitrogen and oxygen atoms in total. The Hall–Kier alpha value is -2.49. The van der Waals surface area contributed by atoms with Crippen molar-refractivity contribution in [3.8, 4) is 10.8 Å².